The second kappa shape index (κ2) is 7.83. The fraction of sp³-hybridized carbons (Fsp3) is 0.478. The Kier molecular flexibility index (Phi) is 6.27. The van der Waals surface area contributed by atoms with Crippen molar-refractivity contribution in [3.63, 3.8) is 0 Å². The largest absolute Gasteiger partial charge is 0.0587 e. The molecule has 1 unspecified atom stereocenters. The number of hydrogen-bond donors (Lipinski definition) is 0. The molecule has 0 saturated carbocycles. The Morgan fingerprint density at radius 1 is 0.708 bits per heavy atom. The lowest BCUT2D eigenvalue weighted by molar-refractivity contribution is 0.813. The summed E-state index contributed by atoms with van der Waals surface area (Å²) in [5, 5.41) is 3.10. The van der Waals surface area contributed by atoms with E-state index in [0.29, 0.717) is 17.8 Å². The van der Waals surface area contributed by atoms with Crippen molar-refractivity contribution in [2.75, 3.05) is 6.66 Å². The van der Waals surface area contributed by atoms with Gasteiger partial charge in [0, 0.05) is 0 Å². The van der Waals surface area contributed by atoms with Gasteiger partial charge in [0.05, 0.1) is 0 Å². The van der Waals surface area contributed by atoms with Crippen molar-refractivity contribution in [3.8, 4) is 0 Å². The molecule has 0 aromatic heterocycles. The maximum absolute atomic E-state index is 2.48. The van der Waals surface area contributed by atoms with Crippen molar-refractivity contribution in [2.45, 2.75) is 66.2 Å². The Morgan fingerprint density at radius 3 is 1.54 bits per heavy atom. The summed E-state index contributed by atoms with van der Waals surface area (Å²) in [6, 6.07) is 14.1. The normalized spacial score (nSPS) is 13.1. The standard InChI is InChI=1S/C23H33P/c1-15(2)19-13-21(16(3)4)23(22(14-19)17(5)6)24(8)20-11-9-18(7)10-12-20/h9-17H,1-8H3. The van der Waals surface area contributed by atoms with Gasteiger partial charge in [0.1, 0.15) is 0 Å². The van der Waals surface area contributed by atoms with Crippen molar-refractivity contribution in [2.24, 2.45) is 0 Å². The van der Waals surface area contributed by atoms with Crippen molar-refractivity contribution in [3.05, 3.63) is 58.7 Å². The Bertz CT molecular complexity index is 649. The third-order valence-electron chi connectivity index (χ3n) is 4.86. The van der Waals surface area contributed by atoms with E-state index in [4.69, 9.17) is 0 Å². The first-order chi connectivity index (χ1) is 11.2. The van der Waals surface area contributed by atoms with E-state index in [1.54, 1.807) is 16.4 Å². The zero-order valence-electron chi connectivity index (χ0n) is 16.6. The number of aryl methyl sites for hydroxylation is 1. The molecule has 2 aromatic rings. The van der Waals surface area contributed by atoms with E-state index in [2.05, 4.69) is 91.5 Å². The minimum atomic E-state index is -0.321. The predicted octanol–water partition coefficient (Wildman–Crippen LogP) is 6.43. The van der Waals surface area contributed by atoms with Gasteiger partial charge in [0.2, 0.25) is 0 Å². The number of benzene rings is 2. The van der Waals surface area contributed by atoms with Gasteiger partial charge in [-0.05, 0) is 66.6 Å². The van der Waals surface area contributed by atoms with Crippen LogP contribution in [0.5, 0.6) is 0 Å². The van der Waals surface area contributed by atoms with Crippen molar-refractivity contribution < 1.29 is 0 Å². The van der Waals surface area contributed by atoms with Crippen LogP contribution in [0.3, 0.4) is 0 Å². The van der Waals surface area contributed by atoms with Crippen LogP contribution < -0.4 is 10.6 Å². The van der Waals surface area contributed by atoms with E-state index in [9.17, 15) is 0 Å². The van der Waals surface area contributed by atoms with Crippen molar-refractivity contribution in [1.29, 1.82) is 0 Å². The summed E-state index contributed by atoms with van der Waals surface area (Å²) < 4.78 is 0. The molecule has 2 rings (SSSR count). The summed E-state index contributed by atoms with van der Waals surface area (Å²) in [4.78, 5) is 0. The first-order valence-corrected chi connectivity index (χ1v) is 11.0. The topological polar surface area (TPSA) is 0 Å². The first kappa shape index (κ1) is 19.2. The van der Waals surface area contributed by atoms with Gasteiger partial charge >= 0.3 is 0 Å². The molecule has 1 atom stereocenters. The van der Waals surface area contributed by atoms with Crippen LogP contribution in [0.25, 0.3) is 0 Å². The highest BCUT2D eigenvalue weighted by Gasteiger charge is 2.22. The molecule has 0 heterocycles. The van der Waals surface area contributed by atoms with Crippen LogP contribution in [0.2, 0.25) is 0 Å². The summed E-state index contributed by atoms with van der Waals surface area (Å²) in [6.45, 7) is 18.6. The molecular weight excluding hydrogens is 307 g/mol. The van der Waals surface area contributed by atoms with Gasteiger partial charge in [-0.1, -0.05) is 83.5 Å². The monoisotopic (exact) mass is 340 g/mol. The van der Waals surface area contributed by atoms with Gasteiger partial charge in [-0.2, -0.15) is 0 Å². The predicted molar refractivity (Wildman–Crippen MR) is 112 cm³/mol. The second-order valence-electron chi connectivity index (χ2n) is 7.91. The summed E-state index contributed by atoms with van der Waals surface area (Å²) >= 11 is 0. The fourth-order valence-electron chi connectivity index (χ4n) is 3.20. The molecule has 1 heteroatoms. The molecule has 2 aromatic carbocycles. The Labute approximate surface area is 150 Å². The van der Waals surface area contributed by atoms with Gasteiger partial charge in [-0.25, -0.2) is 0 Å². The van der Waals surface area contributed by atoms with E-state index < -0.39 is 0 Å². The Balaban J connectivity index is 2.67. The highest BCUT2D eigenvalue weighted by molar-refractivity contribution is 7.72. The fourth-order valence-corrected chi connectivity index (χ4v) is 5.48. The Hall–Kier alpha value is -1.13. The van der Waals surface area contributed by atoms with Gasteiger partial charge in [0.25, 0.3) is 0 Å². The van der Waals surface area contributed by atoms with Crippen LogP contribution in [0, 0.1) is 6.92 Å². The third kappa shape index (κ3) is 4.09. The SMILES string of the molecule is Cc1ccc(P(C)c2c(C(C)C)cc(C(C)C)cc2C(C)C)cc1. The van der Waals surface area contributed by atoms with Crippen LogP contribution in [0.4, 0.5) is 0 Å². The summed E-state index contributed by atoms with van der Waals surface area (Å²) in [5.41, 5.74) is 5.93. The summed E-state index contributed by atoms with van der Waals surface area (Å²) in [6.07, 6.45) is 0. The zero-order chi connectivity index (χ0) is 18.0. The minimum absolute atomic E-state index is 0.321. The molecule has 0 saturated heterocycles. The van der Waals surface area contributed by atoms with Crippen molar-refractivity contribution >= 4 is 18.5 Å². The maximum atomic E-state index is 2.48. The zero-order valence-corrected chi connectivity index (χ0v) is 17.5. The molecule has 0 aliphatic heterocycles. The van der Waals surface area contributed by atoms with E-state index in [1.807, 2.05) is 0 Å². The summed E-state index contributed by atoms with van der Waals surface area (Å²) in [7, 11) is -0.321. The molecule has 0 aliphatic rings. The molecule has 130 valence electrons. The lowest BCUT2D eigenvalue weighted by Gasteiger charge is -2.27. The number of rotatable bonds is 5. The second-order valence-corrected chi connectivity index (χ2v) is 9.99. The average Bonchev–Trinajstić information content (AvgIpc) is 2.53. The van der Waals surface area contributed by atoms with Crippen molar-refractivity contribution in [1.82, 2.24) is 0 Å². The highest BCUT2D eigenvalue weighted by atomic mass is 31.1. The molecule has 0 nitrogen and oxygen atoms in total. The molecule has 0 bridgehead atoms. The third-order valence-corrected chi connectivity index (χ3v) is 7.12. The van der Waals surface area contributed by atoms with Gasteiger partial charge in [-0.3, -0.25) is 0 Å². The molecule has 0 aliphatic carbocycles. The lowest BCUT2D eigenvalue weighted by atomic mass is 9.89. The highest BCUT2D eigenvalue weighted by Crippen LogP contribution is 2.38. The van der Waals surface area contributed by atoms with Crippen LogP contribution in [-0.4, -0.2) is 6.66 Å². The first-order valence-electron chi connectivity index (χ1n) is 9.20. The van der Waals surface area contributed by atoms with E-state index in [-0.39, 0.29) is 7.92 Å². The van der Waals surface area contributed by atoms with E-state index in [0.717, 1.165) is 0 Å². The van der Waals surface area contributed by atoms with Gasteiger partial charge in [0.15, 0.2) is 0 Å². The average molecular weight is 340 g/mol. The molecule has 0 N–H and O–H groups in total. The molecule has 0 amide bonds. The quantitative estimate of drug-likeness (QED) is 0.550. The van der Waals surface area contributed by atoms with E-state index in [1.165, 1.54) is 16.4 Å². The summed E-state index contributed by atoms with van der Waals surface area (Å²) in [5.74, 6) is 1.70. The van der Waals surface area contributed by atoms with Crippen LogP contribution >= 0.6 is 7.92 Å². The Morgan fingerprint density at radius 2 is 1.17 bits per heavy atom. The van der Waals surface area contributed by atoms with Gasteiger partial charge < -0.3 is 0 Å². The van der Waals surface area contributed by atoms with Crippen LogP contribution in [0.1, 0.15) is 81.5 Å². The minimum Gasteiger partial charge on any atom is -0.0587 e. The van der Waals surface area contributed by atoms with Crippen LogP contribution in [-0.2, 0) is 0 Å². The molecule has 0 radical (unpaired) electrons. The lowest BCUT2D eigenvalue weighted by Crippen LogP contribution is -2.22. The molecule has 0 fully saturated rings. The van der Waals surface area contributed by atoms with Gasteiger partial charge in [-0.15, -0.1) is 0 Å². The molecule has 24 heavy (non-hydrogen) atoms. The molecule has 0 spiro atoms. The van der Waals surface area contributed by atoms with Crippen LogP contribution in [0.15, 0.2) is 36.4 Å². The van der Waals surface area contributed by atoms with E-state index >= 15 is 0 Å². The maximum Gasteiger partial charge on any atom is -0.0129 e. The number of hydrogen-bond acceptors (Lipinski definition) is 0. The smallest absolute Gasteiger partial charge is 0.0129 e. The molecular formula is C23H33P.